The van der Waals surface area contributed by atoms with Crippen molar-refractivity contribution in [3.8, 4) is 5.75 Å². The van der Waals surface area contributed by atoms with E-state index in [-0.39, 0.29) is 16.8 Å². The van der Waals surface area contributed by atoms with Crippen LogP contribution in [0.3, 0.4) is 0 Å². The maximum absolute atomic E-state index is 10.6. The SMILES string of the molecule is O=[N+]([O-])c1ccc(O[C@@H]2CCC[C@H]2O)cc1Cl. The molecule has 1 saturated carbocycles. The van der Waals surface area contributed by atoms with Crippen LogP contribution in [-0.4, -0.2) is 22.2 Å². The molecule has 1 aliphatic rings. The van der Waals surface area contributed by atoms with E-state index in [1.54, 1.807) is 0 Å². The van der Waals surface area contributed by atoms with Crippen molar-refractivity contribution >= 4 is 17.3 Å². The summed E-state index contributed by atoms with van der Waals surface area (Å²) < 4.78 is 5.55. The zero-order valence-corrected chi connectivity index (χ0v) is 9.76. The Kier molecular flexibility index (Phi) is 3.49. The lowest BCUT2D eigenvalue weighted by molar-refractivity contribution is -0.384. The van der Waals surface area contributed by atoms with Gasteiger partial charge in [0, 0.05) is 12.1 Å². The minimum Gasteiger partial charge on any atom is -0.488 e. The summed E-state index contributed by atoms with van der Waals surface area (Å²) in [5.74, 6) is 0.451. The monoisotopic (exact) mass is 257 g/mol. The standard InChI is InChI=1S/C11H12ClNO4/c12-8-6-7(4-5-9(8)13(15)16)17-11-3-1-2-10(11)14/h4-6,10-11,14H,1-3H2/t10-,11-/m1/s1. The highest BCUT2D eigenvalue weighted by atomic mass is 35.5. The molecule has 1 aliphatic carbocycles. The molecular formula is C11H12ClNO4. The number of aliphatic hydroxyl groups excluding tert-OH is 1. The third kappa shape index (κ3) is 2.68. The summed E-state index contributed by atoms with van der Waals surface area (Å²) in [6.07, 6.45) is 1.73. The number of hydrogen-bond acceptors (Lipinski definition) is 4. The minimum atomic E-state index is -0.545. The maximum atomic E-state index is 10.6. The Hall–Kier alpha value is -1.33. The van der Waals surface area contributed by atoms with Crippen LogP contribution in [0.2, 0.25) is 5.02 Å². The predicted octanol–water partition coefficient (Wildman–Crippen LogP) is 2.54. The summed E-state index contributed by atoms with van der Waals surface area (Å²) in [6, 6.07) is 4.21. The Balaban J connectivity index is 2.12. The average molecular weight is 258 g/mol. The summed E-state index contributed by atoms with van der Waals surface area (Å²) in [5, 5.41) is 20.2. The summed E-state index contributed by atoms with van der Waals surface area (Å²) in [6.45, 7) is 0. The third-order valence-electron chi connectivity index (χ3n) is 2.82. The molecule has 2 rings (SSSR count). The van der Waals surface area contributed by atoms with Crippen molar-refractivity contribution in [3.05, 3.63) is 33.3 Å². The van der Waals surface area contributed by atoms with Crippen LogP contribution in [0.15, 0.2) is 18.2 Å². The van der Waals surface area contributed by atoms with Gasteiger partial charge in [0.05, 0.1) is 11.0 Å². The first-order valence-corrected chi connectivity index (χ1v) is 5.74. The fourth-order valence-corrected chi connectivity index (χ4v) is 2.17. The number of nitrogens with zero attached hydrogens (tertiary/aromatic N) is 1. The van der Waals surface area contributed by atoms with E-state index in [0.29, 0.717) is 5.75 Å². The van der Waals surface area contributed by atoms with Gasteiger partial charge >= 0.3 is 0 Å². The number of ether oxygens (including phenoxy) is 1. The Morgan fingerprint density at radius 3 is 2.76 bits per heavy atom. The zero-order valence-electron chi connectivity index (χ0n) is 9.01. The molecule has 0 heterocycles. The molecule has 1 fully saturated rings. The first kappa shape index (κ1) is 12.1. The molecule has 5 nitrogen and oxygen atoms in total. The fraction of sp³-hybridized carbons (Fsp3) is 0.455. The van der Waals surface area contributed by atoms with E-state index in [1.807, 2.05) is 0 Å². The normalized spacial score (nSPS) is 23.6. The van der Waals surface area contributed by atoms with Crippen LogP contribution in [0, 0.1) is 10.1 Å². The molecule has 0 unspecified atom stereocenters. The second kappa shape index (κ2) is 4.89. The molecule has 0 amide bonds. The smallest absolute Gasteiger partial charge is 0.288 e. The second-order valence-electron chi connectivity index (χ2n) is 4.02. The van der Waals surface area contributed by atoms with Crippen LogP contribution in [0.25, 0.3) is 0 Å². The largest absolute Gasteiger partial charge is 0.488 e. The number of hydrogen-bond donors (Lipinski definition) is 1. The van der Waals surface area contributed by atoms with E-state index < -0.39 is 11.0 Å². The molecule has 0 aromatic heterocycles. The van der Waals surface area contributed by atoms with Crippen molar-refractivity contribution in [2.45, 2.75) is 31.5 Å². The van der Waals surface area contributed by atoms with Gasteiger partial charge in [-0.05, 0) is 25.3 Å². The highest BCUT2D eigenvalue weighted by Crippen LogP contribution is 2.31. The molecule has 0 radical (unpaired) electrons. The van der Waals surface area contributed by atoms with E-state index in [4.69, 9.17) is 16.3 Å². The van der Waals surface area contributed by atoms with Crippen LogP contribution >= 0.6 is 11.6 Å². The number of rotatable bonds is 3. The summed E-state index contributed by atoms with van der Waals surface area (Å²) in [7, 11) is 0. The summed E-state index contributed by atoms with van der Waals surface area (Å²) in [4.78, 5) is 10.0. The number of nitro groups is 1. The Morgan fingerprint density at radius 2 is 2.24 bits per heavy atom. The van der Waals surface area contributed by atoms with Gasteiger partial charge in [-0.15, -0.1) is 0 Å². The molecule has 17 heavy (non-hydrogen) atoms. The number of halogens is 1. The van der Waals surface area contributed by atoms with Crippen LogP contribution < -0.4 is 4.74 Å². The van der Waals surface area contributed by atoms with Gasteiger partial charge < -0.3 is 9.84 Å². The zero-order chi connectivity index (χ0) is 12.4. The van der Waals surface area contributed by atoms with Gasteiger partial charge in [-0.2, -0.15) is 0 Å². The Bertz CT molecular complexity index is 437. The molecule has 0 bridgehead atoms. The minimum absolute atomic E-state index is 0.0417. The van der Waals surface area contributed by atoms with Crippen molar-refractivity contribution in [2.75, 3.05) is 0 Å². The highest BCUT2D eigenvalue weighted by molar-refractivity contribution is 6.32. The topological polar surface area (TPSA) is 72.6 Å². The Labute approximate surface area is 103 Å². The molecule has 0 spiro atoms. The lowest BCUT2D eigenvalue weighted by atomic mass is 10.2. The molecule has 92 valence electrons. The first-order valence-electron chi connectivity index (χ1n) is 5.36. The Morgan fingerprint density at radius 1 is 1.47 bits per heavy atom. The summed E-state index contributed by atoms with van der Waals surface area (Å²) in [5.41, 5.74) is -0.147. The fourth-order valence-electron chi connectivity index (χ4n) is 1.93. The molecule has 1 aromatic rings. The van der Waals surface area contributed by atoms with E-state index in [0.717, 1.165) is 19.3 Å². The summed E-state index contributed by atoms with van der Waals surface area (Å²) >= 11 is 5.76. The van der Waals surface area contributed by atoms with Crippen molar-refractivity contribution in [1.29, 1.82) is 0 Å². The van der Waals surface area contributed by atoms with Gasteiger partial charge in [0.1, 0.15) is 16.9 Å². The number of benzene rings is 1. The molecule has 6 heteroatoms. The molecule has 0 saturated heterocycles. The van der Waals surface area contributed by atoms with Gasteiger partial charge in [-0.3, -0.25) is 10.1 Å². The van der Waals surface area contributed by atoms with Crippen LogP contribution in [-0.2, 0) is 0 Å². The van der Waals surface area contributed by atoms with E-state index in [1.165, 1.54) is 18.2 Å². The predicted molar refractivity (Wildman–Crippen MR) is 62.4 cm³/mol. The second-order valence-corrected chi connectivity index (χ2v) is 4.43. The molecule has 2 atom stereocenters. The highest BCUT2D eigenvalue weighted by Gasteiger charge is 2.27. The van der Waals surface area contributed by atoms with Gasteiger partial charge in [-0.25, -0.2) is 0 Å². The van der Waals surface area contributed by atoms with Crippen LogP contribution in [0.5, 0.6) is 5.75 Å². The molecule has 1 N–H and O–H groups in total. The molecule has 0 aliphatic heterocycles. The maximum Gasteiger partial charge on any atom is 0.288 e. The van der Waals surface area contributed by atoms with Crippen molar-refractivity contribution in [1.82, 2.24) is 0 Å². The third-order valence-corrected chi connectivity index (χ3v) is 3.12. The number of aliphatic hydroxyl groups is 1. The van der Waals surface area contributed by atoms with E-state index in [2.05, 4.69) is 0 Å². The van der Waals surface area contributed by atoms with Gasteiger partial charge in [0.25, 0.3) is 5.69 Å². The van der Waals surface area contributed by atoms with Crippen LogP contribution in [0.1, 0.15) is 19.3 Å². The first-order chi connectivity index (χ1) is 8.08. The number of nitro benzene ring substituents is 1. The molecule has 1 aromatic carbocycles. The van der Waals surface area contributed by atoms with Crippen molar-refractivity contribution < 1.29 is 14.8 Å². The van der Waals surface area contributed by atoms with E-state index in [9.17, 15) is 15.2 Å². The van der Waals surface area contributed by atoms with Gasteiger partial charge in [0.2, 0.25) is 0 Å². The van der Waals surface area contributed by atoms with E-state index >= 15 is 0 Å². The van der Waals surface area contributed by atoms with Crippen molar-refractivity contribution in [3.63, 3.8) is 0 Å². The lowest BCUT2D eigenvalue weighted by Crippen LogP contribution is -2.25. The average Bonchev–Trinajstić information content (AvgIpc) is 2.64. The van der Waals surface area contributed by atoms with Crippen molar-refractivity contribution in [2.24, 2.45) is 0 Å². The quantitative estimate of drug-likeness (QED) is 0.667. The van der Waals surface area contributed by atoms with Crippen LogP contribution in [0.4, 0.5) is 5.69 Å². The lowest BCUT2D eigenvalue weighted by Gasteiger charge is -2.17. The molecular weight excluding hydrogens is 246 g/mol. The van der Waals surface area contributed by atoms with Gasteiger partial charge in [0.15, 0.2) is 0 Å². The van der Waals surface area contributed by atoms with Gasteiger partial charge in [-0.1, -0.05) is 11.6 Å².